The fourth-order valence-electron chi connectivity index (χ4n) is 3.97. The van der Waals surface area contributed by atoms with Crippen molar-refractivity contribution in [2.45, 2.75) is 65.5 Å². The second kappa shape index (κ2) is 8.59. The summed E-state index contributed by atoms with van der Waals surface area (Å²) in [5, 5.41) is 20.6. The van der Waals surface area contributed by atoms with Crippen LogP contribution in [0.5, 0.6) is 11.5 Å². The Bertz CT molecular complexity index is 840. The van der Waals surface area contributed by atoms with Gasteiger partial charge in [0, 0.05) is 23.6 Å². The van der Waals surface area contributed by atoms with Crippen molar-refractivity contribution >= 4 is 12.4 Å². The Labute approximate surface area is 167 Å². The van der Waals surface area contributed by atoms with Crippen LogP contribution in [-0.2, 0) is 0 Å². The molecule has 2 atom stereocenters. The summed E-state index contributed by atoms with van der Waals surface area (Å²) in [7, 11) is 0. The molecular formula is C24H30N2O2. The molecule has 3 rings (SSSR count). The van der Waals surface area contributed by atoms with Crippen LogP contribution in [0.1, 0.15) is 59.1 Å². The van der Waals surface area contributed by atoms with Gasteiger partial charge in [0.15, 0.2) is 0 Å². The van der Waals surface area contributed by atoms with E-state index in [1.807, 2.05) is 52.0 Å². The lowest BCUT2D eigenvalue weighted by Gasteiger charge is -2.25. The van der Waals surface area contributed by atoms with Crippen LogP contribution < -0.4 is 0 Å². The molecule has 0 aromatic heterocycles. The Morgan fingerprint density at radius 1 is 0.714 bits per heavy atom. The number of hydrogen-bond acceptors (Lipinski definition) is 4. The highest BCUT2D eigenvalue weighted by Gasteiger charge is 2.23. The lowest BCUT2D eigenvalue weighted by molar-refractivity contribution is 0.390. The highest BCUT2D eigenvalue weighted by Crippen LogP contribution is 2.27. The molecule has 0 spiro atoms. The molecule has 0 aliphatic heterocycles. The Morgan fingerprint density at radius 3 is 1.50 bits per heavy atom. The zero-order valence-corrected chi connectivity index (χ0v) is 17.2. The van der Waals surface area contributed by atoms with Gasteiger partial charge in [0.25, 0.3) is 0 Å². The van der Waals surface area contributed by atoms with Crippen molar-refractivity contribution in [2.24, 2.45) is 9.98 Å². The average molecular weight is 379 g/mol. The normalized spacial score (nSPS) is 20.3. The number of aliphatic imine (C=N–C) groups is 2. The highest BCUT2D eigenvalue weighted by atomic mass is 16.3. The number of hydrogen-bond donors (Lipinski definition) is 2. The third kappa shape index (κ3) is 4.61. The Kier molecular flexibility index (Phi) is 6.18. The predicted octanol–water partition coefficient (Wildman–Crippen LogP) is 5.18. The van der Waals surface area contributed by atoms with Gasteiger partial charge in [0.1, 0.15) is 11.5 Å². The molecule has 1 aliphatic rings. The molecule has 1 aliphatic carbocycles. The third-order valence-electron chi connectivity index (χ3n) is 5.45. The number of phenols is 2. The van der Waals surface area contributed by atoms with E-state index < -0.39 is 0 Å². The Balaban J connectivity index is 1.82. The SMILES string of the molecule is Cc1cc(C)c(O)c(C=N[C@H]2CCCC[C@H]2N=Cc2cc(C)cc(C)c2O)c1. The van der Waals surface area contributed by atoms with Crippen LogP contribution in [-0.4, -0.2) is 34.7 Å². The summed E-state index contributed by atoms with van der Waals surface area (Å²) < 4.78 is 0. The minimum atomic E-state index is 0.0956. The first-order chi connectivity index (χ1) is 13.3. The van der Waals surface area contributed by atoms with Gasteiger partial charge in [0.2, 0.25) is 0 Å². The molecule has 0 unspecified atom stereocenters. The van der Waals surface area contributed by atoms with E-state index in [4.69, 9.17) is 9.98 Å². The largest absolute Gasteiger partial charge is 0.507 e. The van der Waals surface area contributed by atoms with Crippen molar-refractivity contribution in [2.75, 3.05) is 0 Å². The molecule has 28 heavy (non-hydrogen) atoms. The molecule has 0 bridgehead atoms. The van der Waals surface area contributed by atoms with Crippen LogP contribution >= 0.6 is 0 Å². The molecule has 2 aromatic carbocycles. The maximum Gasteiger partial charge on any atom is 0.127 e. The molecule has 0 saturated heterocycles. The maximum absolute atomic E-state index is 10.3. The number of benzene rings is 2. The lowest BCUT2D eigenvalue weighted by Crippen LogP contribution is -2.27. The van der Waals surface area contributed by atoms with Crippen LogP contribution in [0, 0.1) is 27.7 Å². The minimum absolute atomic E-state index is 0.0956. The molecule has 1 saturated carbocycles. The maximum atomic E-state index is 10.3. The van der Waals surface area contributed by atoms with Crippen LogP contribution in [0.2, 0.25) is 0 Å². The lowest BCUT2D eigenvalue weighted by atomic mass is 9.91. The van der Waals surface area contributed by atoms with Gasteiger partial charge < -0.3 is 10.2 Å². The fourth-order valence-corrected chi connectivity index (χ4v) is 3.97. The van der Waals surface area contributed by atoms with E-state index in [-0.39, 0.29) is 12.1 Å². The Hall–Kier alpha value is -2.62. The standard InChI is InChI=1S/C24H30N2O2/c1-15-9-17(3)23(27)19(11-15)13-25-21-7-5-6-8-22(21)26-14-20-12-16(2)10-18(4)24(20)28/h9-14,21-22,27-28H,5-8H2,1-4H3/t21-,22+. The van der Waals surface area contributed by atoms with Gasteiger partial charge in [-0.05, 0) is 74.9 Å². The van der Waals surface area contributed by atoms with Crippen LogP contribution in [0.3, 0.4) is 0 Å². The second-order valence-electron chi connectivity index (χ2n) is 8.01. The van der Waals surface area contributed by atoms with E-state index in [0.717, 1.165) is 59.1 Å². The monoisotopic (exact) mass is 378 g/mol. The molecule has 1 fully saturated rings. The van der Waals surface area contributed by atoms with Gasteiger partial charge in [-0.3, -0.25) is 9.98 Å². The molecule has 2 N–H and O–H groups in total. The van der Waals surface area contributed by atoms with Gasteiger partial charge in [-0.2, -0.15) is 0 Å². The first kappa shape index (κ1) is 20.1. The molecule has 4 heteroatoms. The van der Waals surface area contributed by atoms with Crippen LogP contribution in [0.15, 0.2) is 34.3 Å². The van der Waals surface area contributed by atoms with Gasteiger partial charge >= 0.3 is 0 Å². The quantitative estimate of drug-likeness (QED) is 0.720. The molecule has 0 amide bonds. The molecular weight excluding hydrogens is 348 g/mol. The van der Waals surface area contributed by atoms with Gasteiger partial charge in [0.05, 0.1) is 12.1 Å². The first-order valence-corrected chi connectivity index (χ1v) is 10.0. The average Bonchev–Trinajstić information content (AvgIpc) is 2.65. The summed E-state index contributed by atoms with van der Waals surface area (Å²) in [5.74, 6) is 0.593. The van der Waals surface area contributed by atoms with E-state index in [1.165, 1.54) is 0 Å². The van der Waals surface area contributed by atoms with Crippen molar-refractivity contribution in [3.63, 3.8) is 0 Å². The number of rotatable bonds is 4. The number of nitrogens with zero attached hydrogens (tertiary/aromatic N) is 2. The molecule has 4 nitrogen and oxygen atoms in total. The molecule has 0 heterocycles. The topological polar surface area (TPSA) is 65.2 Å². The first-order valence-electron chi connectivity index (χ1n) is 10.0. The van der Waals surface area contributed by atoms with Crippen molar-refractivity contribution < 1.29 is 10.2 Å². The van der Waals surface area contributed by atoms with Crippen molar-refractivity contribution in [1.29, 1.82) is 0 Å². The van der Waals surface area contributed by atoms with Gasteiger partial charge in [-0.1, -0.05) is 25.0 Å². The zero-order chi connectivity index (χ0) is 20.3. The minimum Gasteiger partial charge on any atom is -0.507 e. The third-order valence-corrected chi connectivity index (χ3v) is 5.45. The number of aromatic hydroxyl groups is 2. The Morgan fingerprint density at radius 2 is 1.11 bits per heavy atom. The van der Waals surface area contributed by atoms with Gasteiger partial charge in [-0.15, -0.1) is 0 Å². The van der Waals surface area contributed by atoms with E-state index in [1.54, 1.807) is 12.4 Å². The zero-order valence-electron chi connectivity index (χ0n) is 17.2. The molecule has 2 aromatic rings. The summed E-state index contributed by atoms with van der Waals surface area (Å²) in [4.78, 5) is 9.57. The van der Waals surface area contributed by atoms with E-state index in [0.29, 0.717) is 11.5 Å². The predicted molar refractivity (Wildman–Crippen MR) is 116 cm³/mol. The van der Waals surface area contributed by atoms with Crippen molar-refractivity contribution in [3.05, 3.63) is 57.6 Å². The molecule has 0 radical (unpaired) electrons. The molecule has 148 valence electrons. The van der Waals surface area contributed by atoms with E-state index in [9.17, 15) is 10.2 Å². The van der Waals surface area contributed by atoms with Crippen LogP contribution in [0.4, 0.5) is 0 Å². The summed E-state index contributed by atoms with van der Waals surface area (Å²) in [6.07, 6.45) is 7.85. The summed E-state index contributed by atoms with van der Waals surface area (Å²) in [6.45, 7) is 7.86. The van der Waals surface area contributed by atoms with E-state index in [2.05, 4.69) is 0 Å². The van der Waals surface area contributed by atoms with Crippen LogP contribution in [0.25, 0.3) is 0 Å². The number of phenolic OH excluding ortho intramolecular Hbond substituents is 2. The summed E-state index contributed by atoms with van der Waals surface area (Å²) >= 11 is 0. The highest BCUT2D eigenvalue weighted by molar-refractivity contribution is 5.85. The number of aryl methyl sites for hydroxylation is 4. The smallest absolute Gasteiger partial charge is 0.127 e. The van der Waals surface area contributed by atoms with Crippen molar-refractivity contribution in [3.8, 4) is 11.5 Å². The van der Waals surface area contributed by atoms with Crippen molar-refractivity contribution in [1.82, 2.24) is 0 Å². The van der Waals surface area contributed by atoms with E-state index >= 15 is 0 Å². The van der Waals surface area contributed by atoms with Gasteiger partial charge in [-0.25, -0.2) is 0 Å². The summed E-state index contributed by atoms with van der Waals surface area (Å²) in [6, 6.07) is 8.05. The second-order valence-corrected chi connectivity index (χ2v) is 8.01. The summed E-state index contributed by atoms with van der Waals surface area (Å²) in [5.41, 5.74) is 5.48. The fraction of sp³-hybridized carbons (Fsp3) is 0.417.